The Labute approximate surface area is 163 Å². The van der Waals surface area contributed by atoms with Crippen molar-refractivity contribution in [2.24, 2.45) is 0 Å². The van der Waals surface area contributed by atoms with Gasteiger partial charge in [-0.2, -0.15) is 0 Å². The first-order valence-electron chi connectivity index (χ1n) is 8.10. The third kappa shape index (κ3) is 5.82. The van der Waals surface area contributed by atoms with Crippen molar-refractivity contribution in [1.82, 2.24) is 9.80 Å². The van der Waals surface area contributed by atoms with Gasteiger partial charge in [0.05, 0.1) is 18.4 Å². The Bertz CT molecular complexity index is 719. The van der Waals surface area contributed by atoms with Crippen LogP contribution in [-0.4, -0.2) is 66.9 Å². The molecule has 26 heavy (non-hydrogen) atoms. The van der Waals surface area contributed by atoms with Crippen molar-refractivity contribution >= 4 is 46.3 Å². The second kappa shape index (κ2) is 9.70. The van der Waals surface area contributed by atoms with Gasteiger partial charge in [-0.25, -0.2) is 0 Å². The highest BCUT2D eigenvalue weighted by Crippen LogP contribution is 2.33. The summed E-state index contributed by atoms with van der Waals surface area (Å²) >= 11 is 6.51. The first-order valence-corrected chi connectivity index (χ1v) is 9.33. The van der Waals surface area contributed by atoms with E-state index in [1.54, 1.807) is 13.2 Å². The third-order valence-electron chi connectivity index (χ3n) is 3.61. The van der Waals surface area contributed by atoms with E-state index < -0.39 is 0 Å². The van der Waals surface area contributed by atoms with Crippen LogP contribution in [0, 0.1) is 0 Å². The Morgan fingerprint density at radius 2 is 2.15 bits per heavy atom. The molecule has 1 aromatic carbocycles. The smallest absolute Gasteiger partial charge is 0.307 e. The minimum atomic E-state index is -0.335. The van der Waals surface area contributed by atoms with Gasteiger partial charge in [-0.05, 0) is 37.9 Å². The lowest BCUT2D eigenvalue weighted by Gasteiger charge is -2.14. The molecule has 1 aliphatic heterocycles. The maximum atomic E-state index is 12.5. The summed E-state index contributed by atoms with van der Waals surface area (Å²) in [5, 5.41) is 0. The van der Waals surface area contributed by atoms with Gasteiger partial charge >= 0.3 is 5.97 Å². The maximum absolute atomic E-state index is 12.5. The van der Waals surface area contributed by atoms with Crippen LogP contribution in [0.2, 0.25) is 0 Å². The van der Waals surface area contributed by atoms with Gasteiger partial charge < -0.3 is 14.4 Å². The van der Waals surface area contributed by atoms with Gasteiger partial charge in [0, 0.05) is 13.1 Å². The molecule has 1 saturated heterocycles. The van der Waals surface area contributed by atoms with Gasteiger partial charge in [-0.15, -0.1) is 0 Å². The summed E-state index contributed by atoms with van der Waals surface area (Å²) in [4.78, 5) is 28.2. The molecule has 0 atom stereocenters. The lowest BCUT2D eigenvalue weighted by Crippen LogP contribution is -2.31. The van der Waals surface area contributed by atoms with Crippen LogP contribution in [0.4, 0.5) is 0 Å². The highest BCUT2D eigenvalue weighted by Gasteiger charge is 2.32. The molecule has 0 radical (unpaired) electrons. The molecule has 0 aliphatic carbocycles. The molecule has 8 heteroatoms. The van der Waals surface area contributed by atoms with Crippen LogP contribution < -0.4 is 4.74 Å². The SMILES string of the molecule is COc1cccc(/C=C2\SC(=S)N(CCC(=O)OCCN(C)C)C2=O)c1. The van der Waals surface area contributed by atoms with E-state index in [2.05, 4.69) is 0 Å². The molecule has 0 N–H and O–H groups in total. The summed E-state index contributed by atoms with van der Waals surface area (Å²) in [5.41, 5.74) is 0.855. The number of amides is 1. The Morgan fingerprint density at radius 1 is 1.38 bits per heavy atom. The molecule has 1 fully saturated rings. The molecule has 1 amide bonds. The van der Waals surface area contributed by atoms with E-state index >= 15 is 0 Å². The van der Waals surface area contributed by atoms with Crippen molar-refractivity contribution in [2.75, 3.05) is 40.9 Å². The zero-order chi connectivity index (χ0) is 19.1. The van der Waals surface area contributed by atoms with Crippen molar-refractivity contribution in [3.63, 3.8) is 0 Å². The number of hydrogen-bond donors (Lipinski definition) is 0. The number of esters is 1. The van der Waals surface area contributed by atoms with Crippen molar-refractivity contribution in [3.8, 4) is 5.75 Å². The topological polar surface area (TPSA) is 59.1 Å². The average molecular weight is 395 g/mol. The van der Waals surface area contributed by atoms with Crippen LogP contribution in [0.1, 0.15) is 12.0 Å². The van der Waals surface area contributed by atoms with Crippen molar-refractivity contribution in [3.05, 3.63) is 34.7 Å². The Morgan fingerprint density at radius 3 is 2.85 bits per heavy atom. The lowest BCUT2D eigenvalue weighted by molar-refractivity contribution is -0.144. The molecular formula is C18H22N2O4S2. The minimum absolute atomic E-state index is 0.117. The fourth-order valence-corrected chi connectivity index (χ4v) is 3.50. The predicted octanol–water partition coefficient (Wildman–Crippen LogP) is 2.39. The Hall–Kier alpha value is -1.90. The third-order valence-corrected chi connectivity index (χ3v) is 4.98. The van der Waals surface area contributed by atoms with Gasteiger partial charge in [0.25, 0.3) is 5.91 Å². The molecule has 140 valence electrons. The number of rotatable bonds is 8. The molecule has 0 spiro atoms. The molecule has 1 aliphatic rings. The highest BCUT2D eigenvalue weighted by atomic mass is 32.2. The number of likely N-dealkylation sites (N-methyl/N-ethyl adjacent to an activating group) is 1. The first-order chi connectivity index (χ1) is 12.4. The van der Waals surface area contributed by atoms with Gasteiger partial charge in [-0.3, -0.25) is 14.5 Å². The van der Waals surface area contributed by atoms with Crippen LogP contribution >= 0.6 is 24.0 Å². The van der Waals surface area contributed by atoms with Crippen molar-refractivity contribution < 1.29 is 19.1 Å². The number of nitrogens with zero attached hydrogens (tertiary/aromatic N) is 2. The zero-order valence-corrected chi connectivity index (χ0v) is 16.7. The predicted molar refractivity (Wildman–Crippen MR) is 107 cm³/mol. The summed E-state index contributed by atoms with van der Waals surface area (Å²) < 4.78 is 10.8. The number of hydrogen-bond acceptors (Lipinski definition) is 7. The van der Waals surface area contributed by atoms with Crippen molar-refractivity contribution in [2.45, 2.75) is 6.42 Å². The first kappa shape index (κ1) is 20.4. The van der Waals surface area contributed by atoms with E-state index in [-0.39, 0.29) is 24.8 Å². The molecule has 0 unspecified atom stereocenters. The summed E-state index contributed by atoms with van der Waals surface area (Å²) in [6.45, 7) is 1.22. The Balaban J connectivity index is 1.93. The molecule has 0 bridgehead atoms. The van der Waals surface area contributed by atoms with E-state index in [1.807, 2.05) is 43.3 Å². The molecule has 0 aromatic heterocycles. The van der Waals surface area contributed by atoms with E-state index in [1.165, 1.54) is 16.7 Å². The summed E-state index contributed by atoms with van der Waals surface area (Å²) in [5.74, 6) is 0.191. The van der Waals surface area contributed by atoms with E-state index in [4.69, 9.17) is 21.7 Å². The number of thioether (sulfide) groups is 1. The number of carbonyl (C=O) groups excluding carboxylic acids is 2. The lowest BCUT2D eigenvalue weighted by atomic mass is 10.2. The van der Waals surface area contributed by atoms with Crippen LogP contribution in [0.3, 0.4) is 0 Å². The van der Waals surface area contributed by atoms with Gasteiger partial charge in [0.2, 0.25) is 0 Å². The van der Waals surface area contributed by atoms with E-state index in [0.717, 1.165) is 11.3 Å². The number of benzene rings is 1. The zero-order valence-electron chi connectivity index (χ0n) is 15.1. The fraction of sp³-hybridized carbons (Fsp3) is 0.389. The number of thiocarbonyl (C=S) groups is 1. The molecular weight excluding hydrogens is 372 g/mol. The second-order valence-corrected chi connectivity index (χ2v) is 7.56. The monoisotopic (exact) mass is 394 g/mol. The molecule has 6 nitrogen and oxygen atoms in total. The maximum Gasteiger partial charge on any atom is 0.307 e. The normalized spacial score (nSPS) is 15.8. The van der Waals surface area contributed by atoms with Gasteiger partial charge in [0.15, 0.2) is 0 Å². The van der Waals surface area contributed by atoms with Crippen molar-refractivity contribution in [1.29, 1.82) is 0 Å². The average Bonchev–Trinajstić information content (AvgIpc) is 2.86. The Kier molecular flexibility index (Phi) is 7.62. The summed E-state index contributed by atoms with van der Waals surface area (Å²) in [7, 11) is 5.40. The van der Waals surface area contributed by atoms with E-state index in [9.17, 15) is 9.59 Å². The van der Waals surface area contributed by atoms with Crippen LogP contribution in [0.5, 0.6) is 5.75 Å². The molecule has 1 aromatic rings. The van der Waals surface area contributed by atoms with Crippen LogP contribution in [0.25, 0.3) is 6.08 Å². The molecule has 1 heterocycles. The van der Waals surface area contributed by atoms with E-state index in [0.29, 0.717) is 22.4 Å². The fourth-order valence-electron chi connectivity index (χ4n) is 2.19. The number of methoxy groups -OCH3 is 1. The number of carbonyl (C=O) groups is 2. The quantitative estimate of drug-likeness (QED) is 0.381. The molecule has 0 saturated carbocycles. The standard InChI is InChI=1S/C18H22N2O4S2/c1-19(2)9-10-24-16(21)7-8-20-17(22)15(26-18(20)25)12-13-5-4-6-14(11-13)23-3/h4-6,11-12H,7-10H2,1-3H3/b15-12-. The minimum Gasteiger partial charge on any atom is -0.497 e. The highest BCUT2D eigenvalue weighted by molar-refractivity contribution is 8.26. The number of ether oxygens (including phenoxy) is 2. The molecule has 2 rings (SSSR count). The van der Waals surface area contributed by atoms with Gasteiger partial charge in [-0.1, -0.05) is 36.1 Å². The van der Waals surface area contributed by atoms with Crippen LogP contribution in [-0.2, 0) is 14.3 Å². The second-order valence-electron chi connectivity index (χ2n) is 5.88. The van der Waals surface area contributed by atoms with Crippen LogP contribution in [0.15, 0.2) is 29.2 Å². The largest absolute Gasteiger partial charge is 0.497 e. The van der Waals surface area contributed by atoms with Gasteiger partial charge in [0.1, 0.15) is 16.7 Å². The summed E-state index contributed by atoms with van der Waals surface area (Å²) in [6.07, 6.45) is 1.89. The summed E-state index contributed by atoms with van der Waals surface area (Å²) in [6, 6.07) is 7.42.